The Labute approximate surface area is 161 Å². The molecule has 3 saturated carbocycles. The Hall–Kier alpha value is -1.59. The molecule has 1 aliphatic heterocycles. The van der Waals surface area contributed by atoms with E-state index < -0.39 is 0 Å². The monoisotopic (exact) mass is 369 g/mol. The smallest absolute Gasteiger partial charge is 0.315 e. The Morgan fingerprint density at radius 1 is 1.19 bits per heavy atom. The van der Waals surface area contributed by atoms with E-state index in [1.165, 1.54) is 24.8 Å². The van der Waals surface area contributed by atoms with Crippen LogP contribution in [0, 0.1) is 23.7 Å². The molecule has 5 nitrogen and oxygen atoms in total. The molecule has 5 heteroatoms. The van der Waals surface area contributed by atoms with Crippen LogP contribution in [0.15, 0.2) is 30.3 Å². The molecule has 2 amide bonds. The Kier molecular flexibility index (Phi) is 4.60. The molecule has 2 bridgehead atoms. The van der Waals surface area contributed by atoms with Crippen molar-refractivity contribution in [2.75, 3.05) is 26.2 Å². The summed E-state index contributed by atoms with van der Waals surface area (Å²) in [5.41, 5.74) is 1.26. The van der Waals surface area contributed by atoms with Gasteiger partial charge in [-0.05, 0) is 55.0 Å². The number of nitrogens with one attached hydrogen (secondary N) is 2. The molecule has 2 N–H and O–H groups in total. The number of hydrogen-bond acceptors (Lipinski definition) is 3. The Morgan fingerprint density at radius 3 is 2.63 bits per heavy atom. The van der Waals surface area contributed by atoms with E-state index in [0.717, 1.165) is 43.4 Å². The molecule has 5 rings (SSSR count). The maximum absolute atomic E-state index is 12.5. The minimum Gasteiger partial charge on any atom is -0.373 e. The van der Waals surface area contributed by atoms with Gasteiger partial charge in [0, 0.05) is 19.1 Å². The Morgan fingerprint density at radius 2 is 1.93 bits per heavy atom. The van der Waals surface area contributed by atoms with Crippen molar-refractivity contribution >= 4 is 6.03 Å². The number of ether oxygens (including phenoxy) is 1. The molecular weight excluding hydrogens is 338 g/mol. The standard InChI is InChI=1S/C22H31N3O2/c1-2-25-10-11-27-17(21(25)14-6-4-3-5-7-14)13-23-22(26)24-20-18-15-8-9-16(12-15)19(18)20/h3-7,15-21H,2,8-13H2,1H3,(H2,23,24,26)/t15?,16?,17-,18?,19?,20?,21-/m0/s1. The zero-order chi connectivity index (χ0) is 18.4. The number of benzene rings is 1. The van der Waals surface area contributed by atoms with Crippen LogP contribution < -0.4 is 10.6 Å². The highest BCUT2D eigenvalue weighted by Gasteiger charge is 2.65. The first-order valence-electron chi connectivity index (χ1n) is 10.7. The predicted octanol–water partition coefficient (Wildman–Crippen LogP) is 2.79. The lowest BCUT2D eigenvalue weighted by Gasteiger charge is -2.41. The van der Waals surface area contributed by atoms with Crippen molar-refractivity contribution in [2.24, 2.45) is 23.7 Å². The number of rotatable bonds is 5. The van der Waals surface area contributed by atoms with Gasteiger partial charge in [-0.15, -0.1) is 0 Å². The van der Waals surface area contributed by atoms with Gasteiger partial charge in [-0.25, -0.2) is 4.79 Å². The molecule has 1 aromatic rings. The van der Waals surface area contributed by atoms with E-state index in [4.69, 9.17) is 4.74 Å². The minimum atomic E-state index is -0.0159. The van der Waals surface area contributed by atoms with Gasteiger partial charge in [-0.2, -0.15) is 0 Å². The average molecular weight is 370 g/mol. The van der Waals surface area contributed by atoms with Crippen molar-refractivity contribution in [2.45, 2.75) is 44.4 Å². The molecule has 4 aliphatic rings. The van der Waals surface area contributed by atoms with Crippen LogP contribution in [-0.2, 0) is 4.74 Å². The molecule has 0 radical (unpaired) electrons. The van der Waals surface area contributed by atoms with Gasteiger partial charge in [0.1, 0.15) is 0 Å². The van der Waals surface area contributed by atoms with Gasteiger partial charge in [-0.3, -0.25) is 4.90 Å². The van der Waals surface area contributed by atoms with Crippen molar-refractivity contribution < 1.29 is 9.53 Å². The van der Waals surface area contributed by atoms with Crippen LogP contribution in [0.5, 0.6) is 0 Å². The van der Waals surface area contributed by atoms with Crippen LogP contribution in [0.4, 0.5) is 4.79 Å². The number of amides is 2. The SMILES string of the molecule is CCN1CCO[C@@H](CNC(=O)NC2C3C4CCC(C4)C23)[C@@H]1c1ccccc1. The summed E-state index contributed by atoms with van der Waals surface area (Å²) in [5, 5.41) is 6.36. The lowest BCUT2D eigenvalue weighted by Crippen LogP contribution is -2.51. The number of carbonyl (C=O) groups excluding carboxylic acids is 1. The Balaban J connectivity index is 1.18. The second-order valence-corrected chi connectivity index (χ2v) is 8.76. The van der Waals surface area contributed by atoms with E-state index in [1.807, 2.05) is 6.07 Å². The lowest BCUT2D eigenvalue weighted by atomic mass is 9.98. The van der Waals surface area contributed by atoms with Crippen LogP contribution in [-0.4, -0.2) is 49.3 Å². The first-order chi connectivity index (χ1) is 13.3. The molecule has 3 aliphatic carbocycles. The van der Waals surface area contributed by atoms with Gasteiger partial charge >= 0.3 is 6.03 Å². The molecule has 4 fully saturated rings. The number of morpholine rings is 1. The van der Waals surface area contributed by atoms with Crippen molar-refractivity contribution in [3.63, 3.8) is 0 Å². The summed E-state index contributed by atoms with van der Waals surface area (Å²) >= 11 is 0. The van der Waals surface area contributed by atoms with E-state index in [1.54, 1.807) is 0 Å². The summed E-state index contributed by atoms with van der Waals surface area (Å²) in [7, 11) is 0. The van der Waals surface area contributed by atoms with Gasteiger partial charge in [-0.1, -0.05) is 37.3 Å². The molecular formula is C22H31N3O2. The molecule has 6 atom stereocenters. The number of likely N-dealkylation sites (N-methyl/N-ethyl adjacent to an activating group) is 1. The first kappa shape index (κ1) is 17.5. The van der Waals surface area contributed by atoms with Crippen LogP contribution >= 0.6 is 0 Å². The summed E-state index contributed by atoms with van der Waals surface area (Å²) in [6.07, 6.45) is 4.17. The molecule has 4 unspecified atom stereocenters. The second kappa shape index (κ2) is 7.10. The van der Waals surface area contributed by atoms with Gasteiger partial charge in [0.2, 0.25) is 0 Å². The quantitative estimate of drug-likeness (QED) is 0.839. The lowest BCUT2D eigenvalue weighted by molar-refractivity contribution is -0.0682. The van der Waals surface area contributed by atoms with Crippen LogP contribution in [0.3, 0.4) is 0 Å². The van der Waals surface area contributed by atoms with E-state index in [0.29, 0.717) is 12.6 Å². The van der Waals surface area contributed by atoms with Crippen LogP contribution in [0.1, 0.15) is 37.8 Å². The van der Waals surface area contributed by atoms with Gasteiger partial charge < -0.3 is 15.4 Å². The van der Waals surface area contributed by atoms with Gasteiger partial charge in [0.05, 0.1) is 18.8 Å². The van der Waals surface area contributed by atoms with Crippen molar-refractivity contribution in [1.82, 2.24) is 15.5 Å². The summed E-state index contributed by atoms with van der Waals surface area (Å²) < 4.78 is 6.08. The van der Waals surface area contributed by atoms with E-state index in [-0.39, 0.29) is 18.2 Å². The molecule has 1 aromatic carbocycles. The zero-order valence-electron chi connectivity index (χ0n) is 16.1. The highest BCUT2D eigenvalue weighted by atomic mass is 16.5. The number of carbonyl (C=O) groups is 1. The average Bonchev–Trinajstić information content (AvgIpc) is 3.08. The fraction of sp³-hybridized carbons (Fsp3) is 0.682. The number of fused-ring (bicyclic) bond motifs is 5. The van der Waals surface area contributed by atoms with Crippen molar-refractivity contribution in [3.05, 3.63) is 35.9 Å². The molecule has 146 valence electrons. The van der Waals surface area contributed by atoms with E-state index >= 15 is 0 Å². The second-order valence-electron chi connectivity index (χ2n) is 8.76. The minimum absolute atomic E-state index is 0.0123. The summed E-state index contributed by atoms with van der Waals surface area (Å²) in [6.45, 7) is 5.39. The predicted molar refractivity (Wildman–Crippen MR) is 104 cm³/mol. The van der Waals surface area contributed by atoms with Crippen molar-refractivity contribution in [3.8, 4) is 0 Å². The zero-order valence-corrected chi connectivity index (χ0v) is 16.1. The highest BCUT2D eigenvalue weighted by Crippen LogP contribution is 2.65. The molecule has 1 heterocycles. The fourth-order valence-corrected chi connectivity index (χ4v) is 6.30. The third kappa shape index (κ3) is 3.15. The van der Waals surface area contributed by atoms with Crippen LogP contribution in [0.25, 0.3) is 0 Å². The topological polar surface area (TPSA) is 53.6 Å². The Bertz CT molecular complexity index is 665. The first-order valence-corrected chi connectivity index (χ1v) is 10.7. The maximum atomic E-state index is 12.5. The third-order valence-corrected chi connectivity index (χ3v) is 7.50. The molecule has 0 spiro atoms. The molecule has 27 heavy (non-hydrogen) atoms. The van der Waals surface area contributed by atoms with E-state index in [9.17, 15) is 4.79 Å². The molecule has 1 saturated heterocycles. The normalized spacial score (nSPS) is 39.8. The molecule has 0 aromatic heterocycles. The van der Waals surface area contributed by atoms with Gasteiger partial charge in [0.15, 0.2) is 0 Å². The largest absolute Gasteiger partial charge is 0.373 e. The van der Waals surface area contributed by atoms with Crippen LogP contribution in [0.2, 0.25) is 0 Å². The summed E-state index contributed by atoms with van der Waals surface area (Å²) in [6, 6.07) is 11.1. The number of nitrogens with zero attached hydrogens (tertiary/aromatic N) is 1. The number of hydrogen-bond donors (Lipinski definition) is 2. The number of urea groups is 1. The van der Waals surface area contributed by atoms with E-state index in [2.05, 4.69) is 46.7 Å². The highest BCUT2D eigenvalue weighted by molar-refractivity contribution is 5.75. The summed E-state index contributed by atoms with van der Waals surface area (Å²) in [5.74, 6) is 3.31. The van der Waals surface area contributed by atoms with Crippen molar-refractivity contribution in [1.29, 1.82) is 0 Å². The summed E-state index contributed by atoms with van der Waals surface area (Å²) in [4.78, 5) is 15.0. The third-order valence-electron chi connectivity index (χ3n) is 7.50. The fourth-order valence-electron chi connectivity index (χ4n) is 6.30. The maximum Gasteiger partial charge on any atom is 0.315 e. The van der Waals surface area contributed by atoms with Gasteiger partial charge in [0.25, 0.3) is 0 Å².